The summed E-state index contributed by atoms with van der Waals surface area (Å²) in [4.78, 5) is 0. The summed E-state index contributed by atoms with van der Waals surface area (Å²) < 4.78 is 0. The molecule has 0 heterocycles. The topological polar surface area (TPSA) is 0 Å². The Kier molecular flexibility index (Phi) is 13.3. The minimum Gasteiger partial charge on any atom is -0.0885 e. The highest BCUT2D eigenvalue weighted by Gasteiger charge is 1.97. The molecule has 29 heavy (non-hydrogen) atoms. The minimum atomic E-state index is 1.23. The number of aryl methyl sites for hydroxylation is 1. The zero-order valence-corrected chi connectivity index (χ0v) is 19.0. The number of unbranched alkanes of at least 4 members (excludes halogenated alkanes) is 13. The molecule has 0 aliphatic rings. The summed E-state index contributed by atoms with van der Waals surface area (Å²) >= 11 is 0. The average Bonchev–Trinajstić information content (AvgIpc) is 2.76. The van der Waals surface area contributed by atoms with Crippen LogP contribution >= 0.6 is 0 Å². The van der Waals surface area contributed by atoms with Crippen LogP contribution in [0.2, 0.25) is 0 Å². The van der Waals surface area contributed by atoms with Crippen LogP contribution in [0.5, 0.6) is 0 Å². The van der Waals surface area contributed by atoms with Crippen molar-refractivity contribution in [1.82, 2.24) is 0 Å². The van der Waals surface area contributed by atoms with Crippen LogP contribution in [-0.2, 0) is 6.42 Å². The Morgan fingerprint density at radius 3 is 1.76 bits per heavy atom. The average molecular weight is 393 g/mol. The molecule has 0 amide bonds. The first-order valence-electron chi connectivity index (χ1n) is 12.5. The predicted octanol–water partition coefficient (Wildman–Crippen LogP) is 9.81. The molecule has 0 heteroatoms. The first-order chi connectivity index (χ1) is 14.4. The smallest absolute Gasteiger partial charge is 0.0181 e. The first-order valence-corrected chi connectivity index (χ1v) is 12.5. The number of hydrogen-bond acceptors (Lipinski definition) is 0. The molecule has 2 aromatic rings. The van der Waals surface area contributed by atoms with Crippen LogP contribution in [0.3, 0.4) is 0 Å². The van der Waals surface area contributed by atoms with Crippen LogP contribution in [0.1, 0.15) is 109 Å². The van der Waals surface area contributed by atoms with Gasteiger partial charge in [-0.1, -0.05) is 126 Å². The molecule has 0 bridgehead atoms. The third-order valence-corrected chi connectivity index (χ3v) is 6.04. The van der Waals surface area contributed by atoms with E-state index >= 15 is 0 Å². The van der Waals surface area contributed by atoms with E-state index in [1.807, 2.05) is 0 Å². The molecule has 0 aromatic heterocycles. The van der Waals surface area contributed by atoms with Crippen molar-refractivity contribution in [2.75, 3.05) is 0 Å². The summed E-state index contributed by atoms with van der Waals surface area (Å²) in [6.07, 6.45) is 26.9. The van der Waals surface area contributed by atoms with Crippen LogP contribution in [-0.4, -0.2) is 0 Å². The van der Waals surface area contributed by atoms with Crippen LogP contribution in [0.15, 0.2) is 54.6 Å². The van der Waals surface area contributed by atoms with E-state index in [2.05, 4.69) is 61.5 Å². The van der Waals surface area contributed by atoms with Crippen LogP contribution < -0.4 is 0 Å². The van der Waals surface area contributed by atoms with E-state index in [1.54, 1.807) is 0 Å². The Bertz CT molecular complexity index is 667. The van der Waals surface area contributed by atoms with Crippen molar-refractivity contribution < 1.29 is 0 Å². The van der Waals surface area contributed by atoms with Gasteiger partial charge in [0.15, 0.2) is 0 Å². The van der Waals surface area contributed by atoms with Gasteiger partial charge in [0.2, 0.25) is 0 Å². The van der Waals surface area contributed by atoms with Gasteiger partial charge in [-0.25, -0.2) is 0 Å². The standard InChI is InChI=1S/C29H44/c1-2-3-4-5-6-7-8-9-10-11-12-13-14-15-16-17-18-21-27-24-25-28-22-19-20-23-29(28)26-27/h9-10,19-20,22-26H,2-8,11-18,21H2,1H3/b10-9+. The lowest BCUT2D eigenvalue weighted by Crippen LogP contribution is -1.87. The SMILES string of the molecule is CCCCCCCC/C=C/CCCCCCCCCc1ccc2ccccc2c1. The molecule has 2 rings (SSSR count). The van der Waals surface area contributed by atoms with Crippen LogP contribution in [0.25, 0.3) is 10.8 Å². The second kappa shape index (κ2) is 16.3. The molecule has 2 aromatic carbocycles. The third-order valence-electron chi connectivity index (χ3n) is 6.04. The van der Waals surface area contributed by atoms with Gasteiger partial charge in [-0.3, -0.25) is 0 Å². The molecule has 0 N–H and O–H groups in total. The summed E-state index contributed by atoms with van der Waals surface area (Å²) in [7, 11) is 0. The summed E-state index contributed by atoms with van der Waals surface area (Å²) in [6, 6.07) is 15.6. The Labute approximate surface area is 180 Å². The Morgan fingerprint density at radius 1 is 0.552 bits per heavy atom. The highest BCUT2D eigenvalue weighted by atomic mass is 14.0. The highest BCUT2D eigenvalue weighted by Crippen LogP contribution is 2.18. The Balaban J connectivity index is 1.36. The van der Waals surface area contributed by atoms with Crippen molar-refractivity contribution in [1.29, 1.82) is 0 Å². The predicted molar refractivity (Wildman–Crippen MR) is 132 cm³/mol. The number of hydrogen-bond donors (Lipinski definition) is 0. The Morgan fingerprint density at radius 2 is 1.10 bits per heavy atom. The van der Waals surface area contributed by atoms with Gasteiger partial charge in [0, 0.05) is 0 Å². The second-order valence-corrected chi connectivity index (χ2v) is 8.72. The van der Waals surface area contributed by atoms with Crippen molar-refractivity contribution in [2.24, 2.45) is 0 Å². The van der Waals surface area contributed by atoms with Gasteiger partial charge in [-0.05, 0) is 54.9 Å². The monoisotopic (exact) mass is 392 g/mol. The maximum absolute atomic E-state index is 2.43. The molecule has 0 fully saturated rings. The lowest BCUT2D eigenvalue weighted by molar-refractivity contribution is 0.581. The lowest BCUT2D eigenvalue weighted by atomic mass is 10.0. The summed E-state index contributed by atoms with van der Waals surface area (Å²) in [5.41, 5.74) is 1.50. The van der Waals surface area contributed by atoms with E-state index in [9.17, 15) is 0 Å². The maximum Gasteiger partial charge on any atom is -0.0181 e. The number of rotatable bonds is 17. The van der Waals surface area contributed by atoms with E-state index in [1.165, 1.54) is 119 Å². The van der Waals surface area contributed by atoms with Gasteiger partial charge >= 0.3 is 0 Å². The fourth-order valence-corrected chi connectivity index (χ4v) is 4.15. The van der Waals surface area contributed by atoms with E-state index in [0.29, 0.717) is 0 Å². The first kappa shape index (κ1) is 23.7. The molecule has 0 radical (unpaired) electrons. The third kappa shape index (κ3) is 11.3. The molecule has 0 unspecified atom stereocenters. The van der Waals surface area contributed by atoms with Gasteiger partial charge in [-0.2, -0.15) is 0 Å². The summed E-state index contributed by atoms with van der Waals surface area (Å²) in [6.45, 7) is 2.29. The molecular formula is C29H44. The van der Waals surface area contributed by atoms with Gasteiger partial charge in [0.25, 0.3) is 0 Å². The summed E-state index contributed by atoms with van der Waals surface area (Å²) in [5, 5.41) is 2.74. The largest absolute Gasteiger partial charge is 0.0885 e. The highest BCUT2D eigenvalue weighted by molar-refractivity contribution is 5.82. The molecule has 0 saturated heterocycles. The van der Waals surface area contributed by atoms with Crippen molar-refractivity contribution in [3.8, 4) is 0 Å². The quantitative estimate of drug-likeness (QED) is 0.185. The van der Waals surface area contributed by atoms with Crippen LogP contribution in [0, 0.1) is 0 Å². The number of benzene rings is 2. The molecule has 0 nitrogen and oxygen atoms in total. The number of fused-ring (bicyclic) bond motifs is 1. The molecule has 0 spiro atoms. The van der Waals surface area contributed by atoms with E-state index in [0.717, 1.165) is 0 Å². The maximum atomic E-state index is 2.43. The molecule has 0 aliphatic carbocycles. The van der Waals surface area contributed by atoms with E-state index in [4.69, 9.17) is 0 Å². The van der Waals surface area contributed by atoms with Crippen molar-refractivity contribution in [2.45, 2.75) is 110 Å². The molecular weight excluding hydrogens is 348 g/mol. The zero-order chi connectivity index (χ0) is 20.4. The molecule has 160 valence electrons. The molecule has 0 atom stereocenters. The van der Waals surface area contributed by atoms with E-state index in [-0.39, 0.29) is 0 Å². The van der Waals surface area contributed by atoms with Gasteiger partial charge in [0.05, 0.1) is 0 Å². The van der Waals surface area contributed by atoms with Gasteiger partial charge < -0.3 is 0 Å². The minimum absolute atomic E-state index is 1.23. The summed E-state index contributed by atoms with van der Waals surface area (Å²) in [5.74, 6) is 0. The fourth-order valence-electron chi connectivity index (χ4n) is 4.15. The zero-order valence-electron chi connectivity index (χ0n) is 19.0. The molecule has 0 aliphatic heterocycles. The van der Waals surface area contributed by atoms with Gasteiger partial charge in [0.1, 0.15) is 0 Å². The lowest BCUT2D eigenvalue weighted by Gasteiger charge is -2.04. The van der Waals surface area contributed by atoms with E-state index < -0.39 is 0 Å². The number of allylic oxidation sites excluding steroid dienone is 2. The van der Waals surface area contributed by atoms with Crippen LogP contribution in [0.4, 0.5) is 0 Å². The van der Waals surface area contributed by atoms with Gasteiger partial charge in [-0.15, -0.1) is 0 Å². The Hall–Kier alpha value is -1.56. The normalized spacial score (nSPS) is 11.6. The fraction of sp³-hybridized carbons (Fsp3) is 0.586. The van der Waals surface area contributed by atoms with Crippen molar-refractivity contribution in [3.63, 3.8) is 0 Å². The van der Waals surface area contributed by atoms with Crippen molar-refractivity contribution >= 4 is 10.8 Å². The second-order valence-electron chi connectivity index (χ2n) is 8.72. The molecule has 0 saturated carbocycles. The van der Waals surface area contributed by atoms with Crippen molar-refractivity contribution in [3.05, 3.63) is 60.2 Å².